The van der Waals surface area contributed by atoms with E-state index in [4.69, 9.17) is 13.3 Å². The van der Waals surface area contributed by atoms with Crippen LogP contribution in [0.25, 0.3) is 17.2 Å². The van der Waals surface area contributed by atoms with Gasteiger partial charge in [-0.15, -0.1) is 0 Å². The van der Waals surface area contributed by atoms with Crippen molar-refractivity contribution in [1.82, 2.24) is 0 Å². The van der Waals surface area contributed by atoms with Crippen molar-refractivity contribution in [2.24, 2.45) is 5.92 Å². The predicted molar refractivity (Wildman–Crippen MR) is 157 cm³/mol. The molecule has 2 aromatic carbocycles. The van der Waals surface area contributed by atoms with Gasteiger partial charge in [0.15, 0.2) is 0 Å². The van der Waals surface area contributed by atoms with Crippen molar-refractivity contribution >= 4 is 20.8 Å². The quantitative estimate of drug-likeness (QED) is 0.0994. The number of carbonyl (C=O) groups excluding carboxylic acids is 1. The highest BCUT2D eigenvalue weighted by Crippen LogP contribution is 2.38. The Bertz CT molecular complexity index is 961. The molecule has 0 radical (unpaired) electrons. The van der Waals surface area contributed by atoms with Crippen LogP contribution in [-0.4, -0.2) is 41.7 Å². The zero-order valence-corrected chi connectivity index (χ0v) is 24.7. The third-order valence-corrected chi connectivity index (χ3v) is 10.7. The van der Waals surface area contributed by atoms with E-state index < -0.39 is 8.80 Å². The Balaban J connectivity index is 1.44. The van der Waals surface area contributed by atoms with Crippen molar-refractivity contribution in [2.75, 3.05) is 26.9 Å². The molecule has 0 N–H and O–H groups in total. The van der Waals surface area contributed by atoms with Crippen LogP contribution in [0.5, 0.6) is 0 Å². The van der Waals surface area contributed by atoms with Crippen molar-refractivity contribution < 1.29 is 22.8 Å². The van der Waals surface area contributed by atoms with Crippen LogP contribution >= 0.6 is 0 Å². The van der Waals surface area contributed by atoms with Gasteiger partial charge in [-0.05, 0) is 93.0 Å². The summed E-state index contributed by atoms with van der Waals surface area (Å²) in [6.07, 6.45) is 12.0. The Morgan fingerprint density at radius 2 is 1.37 bits per heavy atom. The summed E-state index contributed by atoms with van der Waals surface area (Å²) in [4.78, 5) is 11.3. The van der Waals surface area contributed by atoms with Crippen molar-refractivity contribution in [2.45, 2.75) is 77.7 Å². The van der Waals surface area contributed by atoms with Gasteiger partial charge in [-0.1, -0.05) is 61.4 Å². The molecule has 1 fully saturated rings. The highest BCUT2D eigenvalue weighted by molar-refractivity contribution is 6.60. The largest absolute Gasteiger partial charge is 0.500 e. The Kier molecular flexibility index (Phi) is 12.7. The van der Waals surface area contributed by atoms with Crippen molar-refractivity contribution in [3.05, 3.63) is 65.7 Å². The molecule has 0 spiro atoms. The molecule has 0 saturated heterocycles. The molecule has 0 atom stereocenters. The first-order valence-electron chi connectivity index (χ1n) is 14.4. The maximum absolute atomic E-state index is 11.3. The molecule has 0 heterocycles. The summed E-state index contributed by atoms with van der Waals surface area (Å²) in [6.45, 7) is 8.03. The fourth-order valence-corrected chi connectivity index (χ4v) is 8.21. The summed E-state index contributed by atoms with van der Waals surface area (Å²) in [6, 6.07) is 18.3. The van der Waals surface area contributed by atoms with Crippen LogP contribution in [0.15, 0.2) is 54.6 Å². The zero-order chi connectivity index (χ0) is 27.2. The van der Waals surface area contributed by atoms with E-state index in [1.54, 1.807) is 6.08 Å². The number of esters is 1. The lowest BCUT2D eigenvalue weighted by Crippen LogP contribution is -2.45. The van der Waals surface area contributed by atoms with Gasteiger partial charge in [0.05, 0.1) is 7.11 Å². The van der Waals surface area contributed by atoms with Crippen LogP contribution < -0.4 is 0 Å². The van der Waals surface area contributed by atoms with Crippen molar-refractivity contribution in [3.8, 4) is 11.1 Å². The maximum atomic E-state index is 11.3. The Morgan fingerprint density at radius 3 is 1.89 bits per heavy atom. The fourth-order valence-electron chi connectivity index (χ4n) is 5.53. The topological polar surface area (TPSA) is 54.0 Å². The molecular weight excluding hydrogens is 492 g/mol. The SMILES string of the molecule is CCO[Si](CCCC[C@H]1CC[C@H](c2ccc(-c3ccc(/C=C/C(=O)OC)cc3)cc2)CC1)(OCC)OCC. The van der Waals surface area contributed by atoms with Crippen LogP contribution in [0.1, 0.15) is 82.8 Å². The van der Waals surface area contributed by atoms with Crippen LogP contribution in [0, 0.1) is 5.92 Å². The highest BCUT2D eigenvalue weighted by atomic mass is 28.4. The summed E-state index contributed by atoms with van der Waals surface area (Å²) >= 11 is 0. The molecule has 3 rings (SSSR count). The Labute approximate surface area is 230 Å². The van der Waals surface area contributed by atoms with Crippen LogP contribution in [0.4, 0.5) is 0 Å². The van der Waals surface area contributed by atoms with E-state index in [0.29, 0.717) is 25.7 Å². The number of methoxy groups -OCH3 is 1. The van der Waals surface area contributed by atoms with Gasteiger partial charge in [0.2, 0.25) is 0 Å². The zero-order valence-electron chi connectivity index (χ0n) is 23.7. The molecule has 0 bridgehead atoms. The number of ether oxygens (including phenoxy) is 1. The van der Waals surface area contributed by atoms with Gasteiger partial charge in [0, 0.05) is 31.9 Å². The van der Waals surface area contributed by atoms with E-state index in [0.717, 1.165) is 23.9 Å². The molecule has 208 valence electrons. The van der Waals surface area contributed by atoms with E-state index in [2.05, 4.69) is 41.1 Å². The minimum absolute atomic E-state index is 0.344. The van der Waals surface area contributed by atoms with E-state index in [1.165, 1.54) is 68.4 Å². The highest BCUT2D eigenvalue weighted by Gasteiger charge is 2.39. The van der Waals surface area contributed by atoms with Crippen molar-refractivity contribution in [1.29, 1.82) is 0 Å². The number of benzene rings is 2. The molecule has 2 aromatic rings. The molecule has 38 heavy (non-hydrogen) atoms. The molecule has 5 nitrogen and oxygen atoms in total. The van der Waals surface area contributed by atoms with E-state index >= 15 is 0 Å². The minimum Gasteiger partial charge on any atom is -0.466 e. The van der Waals surface area contributed by atoms with Gasteiger partial charge in [0.1, 0.15) is 0 Å². The first kappa shape index (κ1) is 30.3. The average molecular weight is 539 g/mol. The molecule has 6 heteroatoms. The molecule has 0 aromatic heterocycles. The minimum atomic E-state index is -2.50. The van der Waals surface area contributed by atoms with Crippen LogP contribution in [-0.2, 0) is 22.8 Å². The summed E-state index contributed by atoms with van der Waals surface area (Å²) in [5, 5.41) is 0. The van der Waals surface area contributed by atoms with Gasteiger partial charge in [0.25, 0.3) is 0 Å². The maximum Gasteiger partial charge on any atom is 0.500 e. The summed E-state index contributed by atoms with van der Waals surface area (Å²) in [5.41, 5.74) is 4.84. The van der Waals surface area contributed by atoms with E-state index in [9.17, 15) is 4.79 Å². The van der Waals surface area contributed by atoms with Crippen molar-refractivity contribution in [3.63, 3.8) is 0 Å². The lowest BCUT2D eigenvalue weighted by molar-refractivity contribution is -0.134. The summed E-state index contributed by atoms with van der Waals surface area (Å²) in [5.74, 6) is 1.16. The smallest absolute Gasteiger partial charge is 0.466 e. The first-order chi connectivity index (χ1) is 18.5. The average Bonchev–Trinajstić information content (AvgIpc) is 2.95. The second kappa shape index (κ2) is 16.0. The van der Waals surface area contributed by atoms with E-state index in [1.807, 2.05) is 32.9 Å². The van der Waals surface area contributed by atoms with Crippen LogP contribution in [0.2, 0.25) is 6.04 Å². The Hall–Kier alpha value is -2.25. The van der Waals surface area contributed by atoms with Gasteiger partial charge < -0.3 is 18.0 Å². The third kappa shape index (κ3) is 9.19. The third-order valence-electron chi connectivity index (χ3n) is 7.52. The number of rotatable bonds is 15. The lowest BCUT2D eigenvalue weighted by Gasteiger charge is -2.30. The second-order valence-corrected chi connectivity index (χ2v) is 12.8. The van der Waals surface area contributed by atoms with Crippen LogP contribution in [0.3, 0.4) is 0 Å². The molecular formula is C32H46O5Si. The molecule has 1 aliphatic carbocycles. The Morgan fingerprint density at radius 1 is 0.816 bits per heavy atom. The fraction of sp³-hybridized carbons (Fsp3) is 0.531. The summed E-state index contributed by atoms with van der Waals surface area (Å²) in [7, 11) is -1.11. The second-order valence-electron chi connectivity index (χ2n) is 10.0. The number of hydrogen-bond acceptors (Lipinski definition) is 5. The monoisotopic (exact) mass is 538 g/mol. The summed E-state index contributed by atoms with van der Waals surface area (Å²) < 4.78 is 22.7. The number of unbranched alkanes of at least 4 members (excludes halogenated alkanes) is 1. The molecule has 0 unspecified atom stereocenters. The van der Waals surface area contributed by atoms with Gasteiger partial charge in [-0.25, -0.2) is 4.79 Å². The van der Waals surface area contributed by atoms with E-state index in [-0.39, 0.29) is 5.97 Å². The molecule has 0 aliphatic heterocycles. The molecule has 1 aliphatic rings. The number of carbonyl (C=O) groups is 1. The first-order valence-corrected chi connectivity index (χ1v) is 16.3. The normalized spacial score (nSPS) is 18.1. The molecule has 1 saturated carbocycles. The molecule has 0 amide bonds. The lowest BCUT2D eigenvalue weighted by atomic mass is 9.77. The number of hydrogen-bond donors (Lipinski definition) is 0. The van der Waals surface area contributed by atoms with Gasteiger partial charge in [-0.2, -0.15) is 0 Å². The standard InChI is InChI=1S/C32H46O5Si/c1-5-35-38(36-6-2,37-7-3)25-9-8-10-26-11-16-28(17-12-26)30-20-22-31(23-21-30)29-18-13-27(14-19-29)15-24-32(33)34-4/h13-15,18-24,26,28H,5-12,16-17,25H2,1-4H3/b24-15+/t26-,28-. The predicted octanol–water partition coefficient (Wildman–Crippen LogP) is 8.03. The van der Waals surface area contributed by atoms with Gasteiger partial charge >= 0.3 is 14.8 Å². The van der Waals surface area contributed by atoms with Gasteiger partial charge in [-0.3, -0.25) is 0 Å².